The maximum absolute atomic E-state index is 14.0. The van der Waals surface area contributed by atoms with Crippen LogP contribution in [0.1, 0.15) is 30.0 Å². The monoisotopic (exact) mass is 304 g/mol. The standard InChI is InChI=1S/C15H17FN4O2/c16-13-9-18-3-1-12(13)15(21)20-14(2-4-22-20)11-5-10(6-17)7-19-8-11/h5,7-8,12-14,18H,1-4,9H2/t12-,13-,14-/m0/s1. The van der Waals surface area contributed by atoms with Crippen LogP contribution in [-0.4, -0.2) is 41.8 Å². The minimum atomic E-state index is -1.20. The van der Waals surface area contributed by atoms with Gasteiger partial charge in [0.2, 0.25) is 0 Å². The number of alkyl halides is 1. The summed E-state index contributed by atoms with van der Waals surface area (Å²) >= 11 is 0. The van der Waals surface area contributed by atoms with Gasteiger partial charge in [-0.05, 0) is 24.6 Å². The average Bonchev–Trinajstić information content (AvgIpc) is 3.04. The summed E-state index contributed by atoms with van der Waals surface area (Å²) in [5, 5.41) is 13.2. The third-order valence-corrected chi connectivity index (χ3v) is 4.12. The van der Waals surface area contributed by atoms with Crippen LogP contribution in [0.15, 0.2) is 18.5 Å². The van der Waals surface area contributed by atoms with Crippen molar-refractivity contribution in [2.75, 3.05) is 19.7 Å². The lowest BCUT2D eigenvalue weighted by atomic mass is 9.94. The molecule has 0 bridgehead atoms. The highest BCUT2D eigenvalue weighted by molar-refractivity contribution is 5.79. The number of rotatable bonds is 2. The highest BCUT2D eigenvalue weighted by atomic mass is 19.1. The number of hydrogen-bond acceptors (Lipinski definition) is 5. The summed E-state index contributed by atoms with van der Waals surface area (Å²) in [7, 11) is 0. The third-order valence-electron chi connectivity index (χ3n) is 4.12. The topological polar surface area (TPSA) is 78.2 Å². The van der Waals surface area contributed by atoms with Crippen LogP contribution in [0.4, 0.5) is 4.39 Å². The molecule has 7 heteroatoms. The second-order valence-corrected chi connectivity index (χ2v) is 5.54. The molecule has 1 aromatic heterocycles. The van der Waals surface area contributed by atoms with Crippen molar-refractivity contribution in [1.29, 1.82) is 5.26 Å². The summed E-state index contributed by atoms with van der Waals surface area (Å²) in [5.74, 6) is -0.993. The van der Waals surface area contributed by atoms with Gasteiger partial charge in [0.05, 0.1) is 24.1 Å². The van der Waals surface area contributed by atoms with Crippen LogP contribution in [0.5, 0.6) is 0 Å². The van der Waals surface area contributed by atoms with Gasteiger partial charge in [0.25, 0.3) is 5.91 Å². The summed E-state index contributed by atoms with van der Waals surface area (Å²) < 4.78 is 14.0. The first-order valence-corrected chi connectivity index (χ1v) is 7.36. The number of nitrogens with one attached hydrogen (secondary N) is 1. The van der Waals surface area contributed by atoms with Gasteiger partial charge in [0, 0.05) is 25.4 Å². The van der Waals surface area contributed by atoms with E-state index in [1.807, 2.05) is 6.07 Å². The number of nitrogens with zero attached hydrogens (tertiary/aromatic N) is 3. The van der Waals surface area contributed by atoms with Crippen molar-refractivity contribution < 1.29 is 14.0 Å². The molecule has 2 aliphatic rings. The normalized spacial score (nSPS) is 28.4. The minimum Gasteiger partial charge on any atom is -0.314 e. The molecule has 2 fully saturated rings. The first-order chi connectivity index (χ1) is 10.7. The Morgan fingerprint density at radius 1 is 1.50 bits per heavy atom. The number of aromatic nitrogens is 1. The van der Waals surface area contributed by atoms with Gasteiger partial charge in [0.1, 0.15) is 12.2 Å². The van der Waals surface area contributed by atoms with Gasteiger partial charge in [-0.1, -0.05) is 0 Å². The summed E-state index contributed by atoms with van der Waals surface area (Å²) in [6, 6.07) is 3.42. The molecule has 6 nitrogen and oxygen atoms in total. The van der Waals surface area contributed by atoms with E-state index in [-0.39, 0.29) is 18.5 Å². The van der Waals surface area contributed by atoms with Crippen molar-refractivity contribution in [3.05, 3.63) is 29.6 Å². The zero-order chi connectivity index (χ0) is 15.5. The first kappa shape index (κ1) is 14.9. The lowest BCUT2D eigenvalue weighted by molar-refractivity contribution is -0.184. The van der Waals surface area contributed by atoms with Crippen LogP contribution in [0.25, 0.3) is 0 Å². The van der Waals surface area contributed by atoms with E-state index in [0.29, 0.717) is 31.6 Å². The Kier molecular flexibility index (Phi) is 4.32. The van der Waals surface area contributed by atoms with Crippen LogP contribution in [0.2, 0.25) is 0 Å². The molecule has 0 saturated carbocycles. The number of pyridine rings is 1. The Hall–Kier alpha value is -2.04. The molecule has 3 heterocycles. The Balaban J connectivity index is 1.80. The fourth-order valence-electron chi connectivity index (χ4n) is 2.95. The molecule has 22 heavy (non-hydrogen) atoms. The van der Waals surface area contributed by atoms with Crippen molar-refractivity contribution in [3.8, 4) is 6.07 Å². The van der Waals surface area contributed by atoms with Crippen LogP contribution < -0.4 is 5.32 Å². The second-order valence-electron chi connectivity index (χ2n) is 5.54. The van der Waals surface area contributed by atoms with Crippen molar-refractivity contribution >= 4 is 5.91 Å². The van der Waals surface area contributed by atoms with Crippen molar-refractivity contribution in [2.24, 2.45) is 5.92 Å². The predicted octanol–water partition coefficient (Wildman–Crippen LogP) is 1.11. The summed E-state index contributed by atoms with van der Waals surface area (Å²) in [6.07, 6.45) is 2.97. The zero-order valence-corrected chi connectivity index (χ0v) is 12.0. The third kappa shape index (κ3) is 2.80. The lowest BCUT2D eigenvalue weighted by Crippen LogP contribution is -2.46. The summed E-state index contributed by atoms with van der Waals surface area (Å²) in [4.78, 5) is 22.1. The number of hydroxylamine groups is 2. The van der Waals surface area contributed by atoms with Crippen molar-refractivity contribution in [1.82, 2.24) is 15.4 Å². The second kappa shape index (κ2) is 6.38. The van der Waals surface area contributed by atoms with Crippen molar-refractivity contribution in [3.63, 3.8) is 0 Å². The van der Waals surface area contributed by atoms with Crippen LogP contribution in [0.3, 0.4) is 0 Å². The van der Waals surface area contributed by atoms with Crippen LogP contribution in [-0.2, 0) is 9.63 Å². The van der Waals surface area contributed by atoms with E-state index in [2.05, 4.69) is 10.3 Å². The van der Waals surface area contributed by atoms with Crippen LogP contribution >= 0.6 is 0 Å². The predicted molar refractivity (Wildman–Crippen MR) is 75.0 cm³/mol. The summed E-state index contributed by atoms with van der Waals surface area (Å²) in [6.45, 7) is 1.22. The molecule has 0 spiro atoms. The maximum atomic E-state index is 14.0. The van der Waals surface area contributed by atoms with E-state index in [0.717, 1.165) is 5.56 Å². The maximum Gasteiger partial charge on any atom is 0.252 e. The van der Waals surface area contributed by atoms with Gasteiger partial charge >= 0.3 is 0 Å². The fourth-order valence-corrected chi connectivity index (χ4v) is 2.95. The van der Waals surface area contributed by atoms with E-state index in [9.17, 15) is 9.18 Å². The summed E-state index contributed by atoms with van der Waals surface area (Å²) in [5.41, 5.74) is 1.18. The number of nitriles is 1. The number of carbonyl (C=O) groups is 1. The van der Waals surface area contributed by atoms with Gasteiger partial charge < -0.3 is 5.32 Å². The largest absolute Gasteiger partial charge is 0.314 e. The van der Waals surface area contributed by atoms with E-state index in [4.69, 9.17) is 10.1 Å². The highest BCUT2D eigenvalue weighted by Gasteiger charge is 2.40. The molecule has 116 valence electrons. The molecule has 0 unspecified atom stereocenters. The molecule has 1 amide bonds. The van der Waals surface area contributed by atoms with E-state index in [1.54, 1.807) is 12.3 Å². The number of hydrogen-bond donors (Lipinski definition) is 1. The Labute approximate surface area is 127 Å². The number of piperidine rings is 1. The molecule has 1 aromatic rings. The van der Waals surface area contributed by atoms with Gasteiger partial charge in [-0.25, -0.2) is 9.45 Å². The van der Waals surface area contributed by atoms with Gasteiger partial charge in [-0.3, -0.25) is 14.6 Å². The van der Waals surface area contributed by atoms with Gasteiger partial charge in [0.15, 0.2) is 0 Å². The SMILES string of the molecule is N#Cc1cncc([C@@H]2CCON2C(=O)[C@H]2CCNC[C@@H]2F)c1. The highest BCUT2D eigenvalue weighted by Crippen LogP contribution is 2.33. The molecule has 2 aliphatic heterocycles. The average molecular weight is 304 g/mol. The molecule has 3 atom stereocenters. The lowest BCUT2D eigenvalue weighted by Gasteiger charge is -2.31. The molecule has 0 radical (unpaired) electrons. The van der Waals surface area contributed by atoms with Gasteiger partial charge in [-0.2, -0.15) is 5.26 Å². The Bertz CT molecular complexity index is 603. The molecular weight excluding hydrogens is 287 g/mol. The smallest absolute Gasteiger partial charge is 0.252 e. The fraction of sp³-hybridized carbons (Fsp3) is 0.533. The molecule has 1 N–H and O–H groups in total. The Morgan fingerprint density at radius 2 is 2.36 bits per heavy atom. The van der Waals surface area contributed by atoms with Crippen LogP contribution in [0, 0.1) is 17.2 Å². The number of amides is 1. The van der Waals surface area contributed by atoms with E-state index in [1.165, 1.54) is 11.3 Å². The molecule has 0 aliphatic carbocycles. The first-order valence-electron chi connectivity index (χ1n) is 7.36. The molecular formula is C15H17FN4O2. The van der Waals surface area contributed by atoms with E-state index < -0.39 is 12.1 Å². The van der Waals surface area contributed by atoms with Crippen molar-refractivity contribution in [2.45, 2.75) is 25.1 Å². The number of carbonyl (C=O) groups excluding carboxylic acids is 1. The molecule has 0 aromatic carbocycles. The molecule has 2 saturated heterocycles. The quantitative estimate of drug-likeness (QED) is 0.885. The molecule has 3 rings (SSSR count). The minimum absolute atomic E-state index is 0.195. The van der Waals surface area contributed by atoms with E-state index >= 15 is 0 Å². The van der Waals surface area contributed by atoms with Gasteiger partial charge in [-0.15, -0.1) is 0 Å². The Morgan fingerprint density at radius 3 is 3.14 bits per heavy atom. The number of halogens is 1. The zero-order valence-electron chi connectivity index (χ0n) is 12.0.